The van der Waals surface area contributed by atoms with E-state index in [9.17, 15) is 9.59 Å². The van der Waals surface area contributed by atoms with Crippen molar-refractivity contribution in [3.05, 3.63) is 51.6 Å². The second kappa shape index (κ2) is 4.18. The second-order valence-corrected chi connectivity index (χ2v) is 3.47. The minimum absolute atomic E-state index is 0.282. The van der Waals surface area contributed by atoms with Crippen molar-refractivity contribution in [3.8, 4) is 0 Å². The van der Waals surface area contributed by atoms with E-state index in [4.69, 9.17) is 0 Å². The maximum absolute atomic E-state index is 11.6. The first-order chi connectivity index (χ1) is 7.68. The Morgan fingerprint density at radius 2 is 2.06 bits per heavy atom. The van der Waals surface area contributed by atoms with Gasteiger partial charge in [0.25, 0.3) is 5.56 Å². The van der Waals surface area contributed by atoms with Gasteiger partial charge in [-0.3, -0.25) is 14.0 Å². The van der Waals surface area contributed by atoms with Crippen LogP contribution in [0.1, 0.15) is 0 Å². The van der Waals surface area contributed by atoms with Crippen molar-refractivity contribution < 1.29 is 0 Å². The minimum Gasteiger partial charge on any atom is -0.303 e. The van der Waals surface area contributed by atoms with Crippen molar-refractivity contribution in [1.29, 1.82) is 0 Å². The van der Waals surface area contributed by atoms with Crippen LogP contribution in [-0.2, 0) is 20.1 Å². The predicted octanol–water partition coefficient (Wildman–Crippen LogP) is -0.556. The van der Waals surface area contributed by atoms with E-state index in [1.54, 1.807) is 30.2 Å². The average Bonchev–Trinajstić information content (AvgIpc) is 2.77. The Labute approximate surface area is 91.4 Å². The predicted molar refractivity (Wildman–Crippen MR) is 58.2 cm³/mol. The van der Waals surface area contributed by atoms with Crippen molar-refractivity contribution >= 4 is 0 Å². The summed E-state index contributed by atoms with van der Waals surface area (Å²) < 4.78 is 4.26. The van der Waals surface area contributed by atoms with Crippen LogP contribution >= 0.6 is 0 Å². The number of nitrogens with zero attached hydrogens (tertiary/aromatic N) is 4. The molecule has 0 bridgehead atoms. The van der Waals surface area contributed by atoms with Crippen LogP contribution in [0.25, 0.3) is 0 Å². The molecule has 0 radical (unpaired) electrons. The zero-order valence-electron chi connectivity index (χ0n) is 8.91. The summed E-state index contributed by atoms with van der Waals surface area (Å²) in [6.07, 6.45) is 4.92. The van der Waals surface area contributed by atoms with Crippen LogP contribution in [0.15, 0.2) is 40.3 Å². The molecule has 2 rings (SSSR count). The molecule has 2 aromatic rings. The van der Waals surface area contributed by atoms with Crippen LogP contribution in [0.2, 0.25) is 0 Å². The Morgan fingerprint density at radius 1 is 1.25 bits per heavy atom. The van der Waals surface area contributed by atoms with Crippen LogP contribution in [-0.4, -0.2) is 18.9 Å². The third-order valence-corrected chi connectivity index (χ3v) is 2.35. The third kappa shape index (κ3) is 1.95. The van der Waals surface area contributed by atoms with Gasteiger partial charge < -0.3 is 4.57 Å². The summed E-state index contributed by atoms with van der Waals surface area (Å²) in [5.41, 5.74) is -0.588. The number of hydrogen-bond donors (Lipinski definition) is 0. The molecule has 0 aliphatic carbocycles. The summed E-state index contributed by atoms with van der Waals surface area (Å²) in [6, 6.07) is 3.18. The van der Waals surface area contributed by atoms with Crippen molar-refractivity contribution in [1.82, 2.24) is 18.9 Å². The molecule has 84 valence electrons. The lowest BCUT2D eigenvalue weighted by molar-refractivity contribution is 0.496. The molecule has 6 heteroatoms. The molecule has 0 amide bonds. The molecule has 6 nitrogen and oxygen atoms in total. The van der Waals surface area contributed by atoms with E-state index in [0.717, 1.165) is 0 Å². The quantitative estimate of drug-likeness (QED) is 0.696. The van der Waals surface area contributed by atoms with Gasteiger partial charge in [-0.1, -0.05) is 0 Å². The molecule has 0 aliphatic rings. The Kier molecular flexibility index (Phi) is 2.72. The van der Waals surface area contributed by atoms with Gasteiger partial charge in [0.2, 0.25) is 0 Å². The van der Waals surface area contributed by atoms with Gasteiger partial charge in [0.15, 0.2) is 0 Å². The van der Waals surface area contributed by atoms with Crippen LogP contribution in [0.3, 0.4) is 0 Å². The number of rotatable bonds is 3. The summed E-state index contributed by atoms with van der Waals surface area (Å²) in [7, 11) is 1.62. The fraction of sp³-hybridized carbons (Fsp3) is 0.300. The Hall–Kier alpha value is -2.11. The SMILES string of the molecule is Cn1ccc(=O)n(CCn2cccn2)c1=O. The maximum Gasteiger partial charge on any atom is 0.330 e. The standard InChI is InChI=1S/C10H12N4O2/c1-12-6-3-9(15)14(10(12)16)8-7-13-5-2-4-11-13/h2-6H,7-8H2,1H3. The molecule has 2 aromatic heterocycles. The van der Waals surface area contributed by atoms with Gasteiger partial charge in [-0.2, -0.15) is 5.10 Å². The first-order valence-electron chi connectivity index (χ1n) is 4.92. The topological polar surface area (TPSA) is 61.8 Å². The van der Waals surface area contributed by atoms with Crippen molar-refractivity contribution in [2.45, 2.75) is 13.1 Å². The molecular formula is C10H12N4O2. The Bertz CT molecular complexity index is 580. The lowest BCUT2D eigenvalue weighted by Crippen LogP contribution is -2.38. The summed E-state index contributed by atoms with van der Waals surface area (Å²) in [6.45, 7) is 0.834. The van der Waals surface area contributed by atoms with Crippen molar-refractivity contribution in [3.63, 3.8) is 0 Å². The highest BCUT2D eigenvalue weighted by atomic mass is 16.2. The highest BCUT2D eigenvalue weighted by Gasteiger charge is 2.02. The molecule has 0 aliphatic heterocycles. The largest absolute Gasteiger partial charge is 0.330 e. The number of aromatic nitrogens is 4. The maximum atomic E-state index is 11.6. The molecule has 2 heterocycles. The molecule has 0 aromatic carbocycles. The van der Waals surface area contributed by atoms with Gasteiger partial charge in [-0.25, -0.2) is 4.79 Å². The highest BCUT2D eigenvalue weighted by Crippen LogP contribution is 1.85. The van der Waals surface area contributed by atoms with E-state index in [1.807, 2.05) is 0 Å². The van der Waals surface area contributed by atoms with Crippen LogP contribution in [0.4, 0.5) is 0 Å². The van der Waals surface area contributed by atoms with E-state index in [-0.39, 0.29) is 11.2 Å². The number of hydrogen-bond acceptors (Lipinski definition) is 3. The molecule has 0 N–H and O–H groups in total. The zero-order chi connectivity index (χ0) is 11.5. The third-order valence-electron chi connectivity index (χ3n) is 2.35. The summed E-state index contributed by atoms with van der Waals surface area (Å²) in [4.78, 5) is 23.1. The van der Waals surface area contributed by atoms with E-state index in [0.29, 0.717) is 13.1 Å². The Morgan fingerprint density at radius 3 is 2.75 bits per heavy atom. The molecule has 0 fully saturated rings. The smallest absolute Gasteiger partial charge is 0.303 e. The second-order valence-electron chi connectivity index (χ2n) is 3.47. The summed E-state index contributed by atoms with van der Waals surface area (Å²) in [5.74, 6) is 0. The van der Waals surface area contributed by atoms with Crippen molar-refractivity contribution in [2.75, 3.05) is 0 Å². The van der Waals surface area contributed by atoms with Gasteiger partial charge in [0, 0.05) is 31.7 Å². The van der Waals surface area contributed by atoms with E-state index < -0.39 is 0 Å². The van der Waals surface area contributed by atoms with Gasteiger partial charge in [0.05, 0.1) is 13.1 Å². The van der Waals surface area contributed by atoms with Gasteiger partial charge in [-0.05, 0) is 6.07 Å². The number of aryl methyl sites for hydroxylation is 2. The lowest BCUT2D eigenvalue weighted by Gasteiger charge is -2.06. The Balaban J connectivity index is 2.25. The first-order valence-corrected chi connectivity index (χ1v) is 4.92. The van der Waals surface area contributed by atoms with Crippen LogP contribution in [0.5, 0.6) is 0 Å². The fourth-order valence-electron chi connectivity index (χ4n) is 1.45. The van der Waals surface area contributed by atoms with E-state index in [1.165, 1.54) is 21.4 Å². The van der Waals surface area contributed by atoms with Gasteiger partial charge >= 0.3 is 5.69 Å². The average molecular weight is 220 g/mol. The normalized spacial score (nSPS) is 10.6. The van der Waals surface area contributed by atoms with Gasteiger partial charge in [-0.15, -0.1) is 0 Å². The summed E-state index contributed by atoms with van der Waals surface area (Å²) >= 11 is 0. The minimum atomic E-state index is -0.306. The van der Waals surface area contributed by atoms with Gasteiger partial charge in [0.1, 0.15) is 0 Å². The lowest BCUT2D eigenvalue weighted by atomic mass is 10.5. The monoisotopic (exact) mass is 220 g/mol. The highest BCUT2D eigenvalue weighted by molar-refractivity contribution is 4.85. The fourth-order valence-corrected chi connectivity index (χ4v) is 1.45. The molecule has 0 saturated heterocycles. The van der Waals surface area contributed by atoms with Crippen molar-refractivity contribution in [2.24, 2.45) is 7.05 Å². The molecule has 0 atom stereocenters. The summed E-state index contributed by atoms with van der Waals surface area (Å²) in [5, 5.41) is 4.01. The zero-order valence-corrected chi connectivity index (χ0v) is 8.91. The van der Waals surface area contributed by atoms with Crippen LogP contribution in [0, 0.1) is 0 Å². The molecular weight excluding hydrogens is 208 g/mol. The molecule has 0 unspecified atom stereocenters. The molecule has 0 spiro atoms. The van der Waals surface area contributed by atoms with Crippen LogP contribution < -0.4 is 11.2 Å². The van der Waals surface area contributed by atoms with E-state index >= 15 is 0 Å². The van der Waals surface area contributed by atoms with E-state index in [2.05, 4.69) is 5.10 Å². The molecule has 0 saturated carbocycles. The first kappa shape index (κ1) is 10.4. The molecule has 16 heavy (non-hydrogen) atoms.